The fraction of sp³-hybridized carbons (Fsp3) is 0.316. The number of alkyl halides is 3. The van der Waals surface area contributed by atoms with Gasteiger partial charge in [0.25, 0.3) is 0 Å². The van der Waals surface area contributed by atoms with Crippen molar-refractivity contribution in [3.8, 4) is 11.3 Å². The van der Waals surface area contributed by atoms with Crippen LogP contribution in [-0.2, 0) is 27.5 Å². The van der Waals surface area contributed by atoms with E-state index in [0.29, 0.717) is 13.2 Å². The molecule has 0 spiro atoms. The number of benzene rings is 1. The summed E-state index contributed by atoms with van der Waals surface area (Å²) >= 11 is 0. The summed E-state index contributed by atoms with van der Waals surface area (Å²) in [5, 5.41) is 0.243. The molecule has 4 rings (SSSR count). The molecule has 160 valence electrons. The van der Waals surface area contributed by atoms with Gasteiger partial charge in [-0.05, 0) is 30.3 Å². The number of aromatic nitrogens is 1. The van der Waals surface area contributed by atoms with E-state index >= 15 is 0 Å². The Bertz CT molecular complexity index is 1170. The minimum absolute atomic E-state index is 0.0287. The van der Waals surface area contributed by atoms with Gasteiger partial charge >= 0.3 is 6.18 Å². The van der Waals surface area contributed by atoms with Crippen LogP contribution in [0.25, 0.3) is 22.2 Å². The lowest BCUT2D eigenvalue weighted by atomic mass is 10.0. The van der Waals surface area contributed by atoms with Crippen molar-refractivity contribution in [1.29, 1.82) is 0 Å². The minimum Gasteiger partial charge on any atom is -0.459 e. The third-order valence-electron chi connectivity index (χ3n) is 4.81. The van der Waals surface area contributed by atoms with Crippen molar-refractivity contribution in [3.63, 3.8) is 0 Å². The lowest BCUT2D eigenvalue weighted by Crippen LogP contribution is -2.40. The van der Waals surface area contributed by atoms with Gasteiger partial charge in [-0.1, -0.05) is 0 Å². The van der Waals surface area contributed by atoms with Gasteiger partial charge in [0, 0.05) is 30.2 Å². The van der Waals surface area contributed by atoms with Gasteiger partial charge in [0.05, 0.1) is 31.0 Å². The number of nitrogens with two attached hydrogens (primary N) is 1. The Balaban J connectivity index is 1.74. The number of hydrogen-bond acceptors (Lipinski definition) is 6. The molecule has 0 radical (unpaired) electrons. The number of hydrogen-bond donors (Lipinski definition) is 1. The van der Waals surface area contributed by atoms with Gasteiger partial charge in [-0.2, -0.15) is 17.5 Å². The van der Waals surface area contributed by atoms with E-state index in [1.54, 1.807) is 0 Å². The summed E-state index contributed by atoms with van der Waals surface area (Å²) in [4.78, 5) is 4.08. The summed E-state index contributed by atoms with van der Waals surface area (Å²) in [6.07, 6.45) is -3.49. The van der Waals surface area contributed by atoms with Crippen LogP contribution >= 0.6 is 0 Å². The highest BCUT2D eigenvalue weighted by molar-refractivity contribution is 7.89. The predicted octanol–water partition coefficient (Wildman–Crippen LogP) is 2.99. The van der Waals surface area contributed by atoms with Gasteiger partial charge in [-0.25, -0.2) is 8.42 Å². The van der Waals surface area contributed by atoms with E-state index in [1.807, 2.05) is 0 Å². The molecular weight excluding hydrogens is 423 g/mol. The van der Waals surface area contributed by atoms with Crippen LogP contribution in [0, 0.1) is 0 Å². The second-order valence-electron chi connectivity index (χ2n) is 6.75. The molecule has 0 bridgehead atoms. The predicted molar refractivity (Wildman–Crippen MR) is 102 cm³/mol. The fourth-order valence-electron chi connectivity index (χ4n) is 3.31. The molecule has 0 saturated carbocycles. The van der Waals surface area contributed by atoms with Crippen LogP contribution in [0.3, 0.4) is 0 Å². The first kappa shape index (κ1) is 20.8. The number of nitrogens with zero attached hydrogens (tertiary/aromatic N) is 2. The van der Waals surface area contributed by atoms with Crippen molar-refractivity contribution in [2.45, 2.75) is 17.6 Å². The molecule has 2 aromatic heterocycles. The molecule has 1 aromatic carbocycles. The van der Waals surface area contributed by atoms with Crippen LogP contribution in [-0.4, -0.2) is 44.0 Å². The first-order valence-corrected chi connectivity index (χ1v) is 10.5. The van der Waals surface area contributed by atoms with E-state index in [9.17, 15) is 21.6 Å². The average molecular weight is 441 g/mol. The van der Waals surface area contributed by atoms with Crippen LogP contribution in [0.2, 0.25) is 0 Å². The lowest BCUT2D eigenvalue weighted by molar-refractivity contribution is -0.136. The van der Waals surface area contributed by atoms with Gasteiger partial charge in [0.15, 0.2) is 0 Å². The monoisotopic (exact) mass is 441 g/mol. The topological polar surface area (TPSA) is 98.7 Å². The van der Waals surface area contributed by atoms with Crippen molar-refractivity contribution in [2.75, 3.05) is 26.3 Å². The van der Waals surface area contributed by atoms with Crippen molar-refractivity contribution >= 4 is 21.0 Å². The van der Waals surface area contributed by atoms with Gasteiger partial charge in [0.2, 0.25) is 10.0 Å². The molecule has 1 aliphatic rings. The molecule has 2 N–H and O–H groups in total. The van der Waals surface area contributed by atoms with Crippen LogP contribution in [0.1, 0.15) is 11.3 Å². The molecule has 3 heterocycles. The summed E-state index contributed by atoms with van der Waals surface area (Å²) < 4.78 is 77.7. The first-order valence-electron chi connectivity index (χ1n) is 9.08. The highest BCUT2D eigenvalue weighted by atomic mass is 32.2. The molecular formula is C19H18F3N3O4S. The lowest BCUT2D eigenvalue weighted by Gasteiger charge is -2.25. The number of sulfonamides is 1. The van der Waals surface area contributed by atoms with Crippen molar-refractivity contribution < 1.29 is 30.7 Å². The second-order valence-corrected chi connectivity index (χ2v) is 8.69. The van der Waals surface area contributed by atoms with Gasteiger partial charge in [0.1, 0.15) is 16.2 Å². The average Bonchev–Trinajstić information content (AvgIpc) is 3.16. The third kappa shape index (κ3) is 3.81. The van der Waals surface area contributed by atoms with E-state index in [0.717, 1.165) is 12.3 Å². The van der Waals surface area contributed by atoms with Crippen LogP contribution < -0.4 is 5.73 Å². The smallest absolute Gasteiger partial charge is 0.420 e. The molecule has 3 aromatic rings. The van der Waals surface area contributed by atoms with E-state index in [2.05, 4.69) is 4.98 Å². The minimum atomic E-state index is -4.64. The number of furan rings is 1. The number of ether oxygens (including phenoxy) is 1. The molecule has 0 amide bonds. The molecule has 0 unspecified atom stereocenters. The van der Waals surface area contributed by atoms with Crippen molar-refractivity contribution in [2.24, 2.45) is 5.73 Å². The van der Waals surface area contributed by atoms with Crippen molar-refractivity contribution in [3.05, 3.63) is 47.9 Å². The number of rotatable bonds is 4. The Morgan fingerprint density at radius 3 is 2.47 bits per heavy atom. The van der Waals surface area contributed by atoms with Gasteiger partial charge in [-0.15, -0.1) is 0 Å². The third-order valence-corrected chi connectivity index (χ3v) is 6.70. The van der Waals surface area contributed by atoms with Crippen LogP contribution in [0.5, 0.6) is 0 Å². The summed E-state index contributed by atoms with van der Waals surface area (Å²) in [5.74, 6) is 0.229. The molecule has 11 heteroatoms. The summed E-state index contributed by atoms with van der Waals surface area (Å²) in [6.45, 7) is 1.05. The Kier molecular flexibility index (Phi) is 5.30. The van der Waals surface area contributed by atoms with E-state index in [-0.39, 0.29) is 52.5 Å². The molecule has 1 saturated heterocycles. The number of halogens is 3. The number of morpholine rings is 1. The zero-order chi connectivity index (χ0) is 21.5. The van der Waals surface area contributed by atoms with E-state index < -0.39 is 21.8 Å². The maximum atomic E-state index is 13.5. The summed E-state index contributed by atoms with van der Waals surface area (Å²) in [5.41, 5.74) is 4.65. The maximum Gasteiger partial charge on any atom is 0.420 e. The van der Waals surface area contributed by atoms with E-state index in [4.69, 9.17) is 14.9 Å². The zero-order valence-electron chi connectivity index (χ0n) is 15.6. The fourth-order valence-corrected chi connectivity index (χ4v) is 4.66. The Morgan fingerprint density at radius 1 is 1.13 bits per heavy atom. The molecule has 0 atom stereocenters. The number of pyridine rings is 1. The normalized spacial score (nSPS) is 16.3. The summed E-state index contributed by atoms with van der Waals surface area (Å²) in [6, 6.07) is 6.62. The van der Waals surface area contributed by atoms with Crippen LogP contribution in [0.15, 0.2) is 45.8 Å². The standard InChI is InChI=1S/C19H18F3N3O4S/c20-19(21,22)16-9-12(7-13-8-14(10-23)29-18(13)16)17-2-1-15(11-24-17)30(26,27)25-3-5-28-6-4-25/h1-2,7-9,11H,3-6,10,23H2. The molecule has 0 aliphatic carbocycles. The Morgan fingerprint density at radius 2 is 1.87 bits per heavy atom. The first-order chi connectivity index (χ1) is 14.2. The quantitative estimate of drug-likeness (QED) is 0.668. The van der Waals surface area contributed by atoms with Gasteiger partial charge < -0.3 is 14.9 Å². The SMILES string of the molecule is NCc1cc2cc(-c3ccc(S(=O)(=O)N4CCOCC4)cn3)cc(C(F)(F)F)c2o1. The Hall–Kier alpha value is -2.47. The summed E-state index contributed by atoms with van der Waals surface area (Å²) in [7, 11) is -3.75. The molecule has 1 fully saturated rings. The largest absolute Gasteiger partial charge is 0.459 e. The van der Waals surface area contributed by atoms with E-state index in [1.165, 1.54) is 28.6 Å². The Labute approximate surface area is 170 Å². The molecule has 30 heavy (non-hydrogen) atoms. The highest BCUT2D eigenvalue weighted by Gasteiger charge is 2.35. The van der Waals surface area contributed by atoms with Crippen LogP contribution in [0.4, 0.5) is 13.2 Å². The number of fused-ring (bicyclic) bond motifs is 1. The molecule has 7 nitrogen and oxygen atoms in total. The maximum absolute atomic E-state index is 13.5. The second kappa shape index (κ2) is 7.65. The zero-order valence-corrected chi connectivity index (χ0v) is 16.5. The van der Waals surface area contributed by atoms with Gasteiger partial charge in [-0.3, -0.25) is 4.98 Å². The molecule has 1 aliphatic heterocycles. The van der Waals surface area contributed by atoms with Crippen molar-refractivity contribution in [1.82, 2.24) is 9.29 Å². The highest BCUT2D eigenvalue weighted by Crippen LogP contribution is 2.39.